The fraction of sp³-hybridized carbons (Fsp3) is 0.161. The van der Waals surface area contributed by atoms with Crippen molar-refractivity contribution in [2.45, 2.75) is 67.2 Å². The lowest BCUT2D eigenvalue weighted by Crippen LogP contribution is -1.94. The van der Waals surface area contributed by atoms with Crippen molar-refractivity contribution in [2.24, 2.45) is 0 Å². The SMILES string of the molecule is Cc1cc(C)cc(-c2ccc3c(c2)oc2c3cc3c(-c4cccc(C(C)C)c4)cc4c5oc6cc(-c7cc(C)cc(C)c7)ccc6c5cc5c(-c6cccc(C(C)C)c6)cc2c3c54)c1. The minimum absolute atomic E-state index is 0.393. The standard InChI is InChI=1S/C62H50O2/c1-33(2)39-11-9-13-43(25-39)49-29-55-60-52(32-54-48-18-16-42(28-58(48)63-61(54)55)46-23-37(7)20-38(8)24-46)50(44-14-10-12-40(26-44)34(3)4)30-56-59(60)51(49)31-53-47-17-15-41(27-57(47)64-62(53)56)45-21-35(5)19-36(6)22-45/h9-34H,1-8H3. The molecule has 0 unspecified atom stereocenters. The Balaban J connectivity index is 1.24. The first-order valence-corrected chi connectivity index (χ1v) is 22.8. The molecular formula is C62H50O2. The van der Waals surface area contributed by atoms with Gasteiger partial charge in [-0.1, -0.05) is 147 Å². The molecule has 0 N–H and O–H groups in total. The predicted molar refractivity (Wildman–Crippen MR) is 274 cm³/mol. The van der Waals surface area contributed by atoms with E-state index in [9.17, 15) is 0 Å². The van der Waals surface area contributed by atoms with Crippen LogP contribution in [0.15, 0.2) is 154 Å². The highest BCUT2D eigenvalue weighted by atomic mass is 16.3. The van der Waals surface area contributed by atoms with Gasteiger partial charge in [0.1, 0.15) is 22.3 Å². The molecule has 0 bridgehead atoms. The smallest absolute Gasteiger partial charge is 0.143 e. The van der Waals surface area contributed by atoms with Crippen LogP contribution in [0.1, 0.15) is 72.9 Å². The molecule has 0 radical (unpaired) electrons. The lowest BCUT2D eigenvalue weighted by molar-refractivity contribution is 0.672. The van der Waals surface area contributed by atoms with Crippen LogP contribution in [0.25, 0.3) is 121 Å². The first kappa shape index (κ1) is 38.5. The summed E-state index contributed by atoms with van der Waals surface area (Å²) in [6.45, 7) is 17.8. The largest absolute Gasteiger partial charge is 0.455 e. The Morgan fingerprint density at radius 2 is 0.719 bits per heavy atom. The van der Waals surface area contributed by atoms with Gasteiger partial charge in [0.2, 0.25) is 0 Å². The lowest BCUT2D eigenvalue weighted by atomic mass is 9.83. The van der Waals surface area contributed by atoms with E-state index in [1.807, 2.05) is 0 Å². The summed E-state index contributed by atoms with van der Waals surface area (Å²) in [5, 5.41) is 11.6. The summed E-state index contributed by atoms with van der Waals surface area (Å²) in [5.74, 6) is 0.786. The number of fused-ring (bicyclic) bond motifs is 8. The highest BCUT2D eigenvalue weighted by molar-refractivity contribution is 6.38. The average molecular weight is 827 g/mol. The number of aryl methyl sites for hydroxylation is 4. The summed E-state index contributed by atoms with van der Waals surface area (Å²) in [7, 11) is 0. The fourth-order valence-corrected chi connectivity index (χ4v) is 10.8. The number of hydrogen-bond acceptors (Lipinski definition) is 2. The third-order valence-corrected chi connectivity index (χ3v) is 13.8. The van der Waals surface area contributed by atoms with Crippen LogP contribution in [-0.4, -0.2) is 0 Å². The van der Waals surface area contributed by atoms with E-state index in [1.165, 1.54) is 88.3 Å². The van der Waals surface area contributed by atoms with Gasteiger partial charge in [-0.25, -0.2) is 0 Å². The maximum atomic E-state index is 7.17. The first-order chi connectivity index (χ1) is 30.9. The highest BCUT2D eigenvalue weighted by Crippen LogP contribution is 2.51. The molecule has 0 saturated carbocycles. The molecule has 310 valence electrons. The van der Waals surface area contributed by atoms with Gasteiger partial charge in [0, 0.05) is 43.1 Å². The van der Waals surface area contributed by atoms with E-state index in [4.69, 9.17) is 8.83 Å². The molecule has 0 fully saturated rings. The van der Waals surface area contributed by atoms with Crippen LogP contribution in [-0.2, 0) is 0 Å². The van der Waals surface area contributed by atoms with Gasteiger partial charge in [-0.3, -0.25) is 0 Å². The van der Waals surface area contributed by atoms with E-state index in [2.05, 4.69) is 201 Å². The number of rotatable bonds is 6. The van der Waals surface area contributed by atoms with Gasteiger partial charge < -0.3 is 8.83 Å². The zero-order valence-electron chi connectivity index (χ0n) is 37.8. The number of hydrogen-bond donors (Lipinski definition) is 0. The molecule has 0 aliphatic heterocycles. The molecule has 0 spiro atoms. The Morgan fingerprint density at radius 3 is 1.11 bits per heavy atom. The topological polar surface area (TPSA) is 26.3 Å². The van der Waals surface area contributed by atoms with E-state index in [1.54, 1.807) is 0 Å². The molecule has 64 heavy (non-hydrogen) atoms. The minimum atomic E-state index is 0.393. The van der Waals surface area contributed by atoms with Gasteiger partial charge in [0.25, 0.3) is 0 Å². The Hall–Kier alpha value is -7.16. The van der Waals surface area contributed by atoms with Crippen LogP contribution in [0.5, 0.6) is 0 Å². The second-order valence-electron chi connectivity index (χ2n) is 19.2. The summed E-state index contributed by atoms with van der Waals surface area (Å²) in [6, 6.07) is 55.0. The van der Waals surface area contributed by atoms with Crippen LogP contribution < -0.4 is 0 Å². The van der Waals surface area contributed by atoms with Crippen molar-refractivity contribution in [1.29, 1.82) is 0 Å². The Labute approximate surface area is 374 Å². The second-order valence-corrected chi connectivity index (χ2v) is 19.2. The fourth-order valence-electron chi connectivity index (χ4n) is 10.8. The third kappa shape index (κ3) is 5.99. The van der Waals surface area contributed by atoms with Crippen molar-refractivity contribution in [3.05, 3.63) is 179 Å². The molecule has 0 aliphatic carbocycles. The molecule has 0 saturated heterocycles. The van der Waals surface area contributed by atoms with E-state index < -0.39 is 0 Å². The lowest BCUT2D eigenvalue weighted by Gasteiger charge is -2.19. The minimum Gasteiger partial charge on any atom is -0.455 e. The summed E-state index contributed by atoms with van der Waals surface area (Å²) in [4.78, 5) is 0. The number of furan rings is 2. The van der Waals surface area contributed by atoms with Gasteiger partial charge >= 0.3 is 0 Å². The first-order valence-electron chi connectivity index (χ1n) is 22.8. The molecule has 12 aromatic rings. The maximum Gasteiger partial charge on any atom is 0.143 e. The molecule has 2 heteroatoms. The highest BCUT2D eigenvalue weighted by Gasteiger charge is 2.25. The van der Waals surface area contributed by atoms with Crippen molar-refractivity contribution in [1.82, 2.24) is 0 Å². The molecule has 0 amide bonds. The zero-order chi connectivity index (χ0) is 43.7. The van der Waals surface area contributed by atoms with E-state index in [-0.39, 0.29) is 0 Å². The van der Waals surface area contributed by atoms with Gasteiger partial charge in [-0.2, -0.15) is 0 Å². The Bertz CT molecular complexity index is 3590. The van der Waals surface area contributed by atoms with Crippen molar-refractivity contribution in [3.8, 4) is 44.5 Å². The molecule has 2 heterocycles. The van der Waals surface area contributed by atoms with Crippen LogP contribution in [0.4, 0.5) is 0 Å². The molecule has 0 aliphatic rings. The summed E-state index contributed by atoms with van der Waals surface area (Å²) < 4.78 is 14.3. The third-order valence-electron chi connectivity index (χ3n) is 13.8. The zero-order valence-corrected chi connectivity index (χ0v) is 37.8. The van der Waals surface area contributed by atoms with Crippen LogP contribution in [0.2, 0.25) is 0 Å². The molecule has 10 aromatic carbocycles. The summed E-state index contributed by atoms with van der Waals surface area (Å²) in [6.07, 6.45) is 0. The molecule has 2 nitrogen and oxygen atoms in total. The summed E-state index contributed by atoms with van der Waals surface area (Å²) in [5.41, 5.74) is 20.8. The molecule has 2 aromatic heterocycles. The van der Waals surface area contributed by atoms with Gasteiger partial charge in [-0.05, 0) is 154 Å². The van der Waals surface area contributed by atoms with E-state index >= 15 is 0 Å². The number of benzene rings is 10. The molecule has 0 atom stereocenters. The van der Waals surface area contributed by atoms with Gasteiger partial charge in [0.05, 0.1) is 0 Å². The second kappa shape index (κ2) is 14.2. The average Bonchev–Trinajstić information content (AvgIpc) is 3.84. The maximum absolute atomic E-state index is 7.17. The Morgan fingerprint density at radius 1 is 0.312 bits per heavy atom. The quantitative estimate of drug-likeness (QED) is 0.156. The monoisotopic (exact) mass is 826 g/mol. The van der Waals surface area contributed by atoms with Crippen molar-refractivity contribution >= 4 is 76.2 Å². The normalized spacial score (nSPS) is 12.3. The van der Waals surface area contributed by atoms with E-state index in [0.717, 1.165) is 65.8 Å². The molecule has 12 rings (SSSR count). The summed E-state index contributed by atoms with van der Waals surface area (Å²) >= 11 is 0. The van der Waals surface area contributed by atoms with Crippen LogP contribution in [0, 0.1) is 27.7 Å². The molecular weight excluding hydrogens is 777 g/mol. The Kier molecular flexibility index (Phi) is 8.53. The van der Waals surface area contributed by atoms with Crippen LogP contribution >= 0.6 is 0 Å². The van der Waals surface area contributed by atoms with Gasteiger partial charge in [0.15, 0.2) is 0 Å². The van der Waals surface area contributed by atoms with E-state index in [0.29, 0.717) is 11.8 Å². The predicted octanol–water partition coefficient (Wildman–Crippen LogP) is 18.5. The van der Waals surface area contributed by atoms with Crippen molar-refractivity contribution in [2.75, 3.05) is 0 Å². The van der Waals surface area contributed by atoms with Gasteiger partial charge in [-0.15, -0.1) is 0 Å². The van der Waals surface area contributed by atoms with Crippen molar-refractivity contribution in [3.63, 3.8) is 0 Å². The van der Waals surface area contributed by atoms with Crippen LogP contribution in [0.3, 0.4) is 0 Å². The van der Waals surface area contributed by atoms with Crippen molar-refractivity contribution < 1.29 is 8.83 Å².